The molecule has 168 valence electrons. The van der Waals surface area contributed by atoms with Crippen molar-refractivity contribution in [2.75, 3.05) is 6.67 Å². The molecule has 0 aromatic carbocycles. The molecule has 0 unspecified atom stereocenters. The third-order valence-corrected chi connectivity index (χ3v) is 9.96. The van der Waals surface area contributed by atoms with Crippen LogP contribution in [0.3, 0.4) is 0 Å². The lowest BCUT2D eigenvalue weighted by atomic mass is 9.52. The van der Waals surface area contributed by atoms with Gasteiger partial charge in [-0.15, -0.1) is 0 Å². The summed E-state index contributed by atoms with van der Waals surface area (Å²) in [5.41, 5.74) is 1.12. The molecule has 1 aliphatic heterocycles. The van der Waals surface area contributed by atoms with Crippen molar-refractivity contribution in [1.82, 2.24) is 9.80 Å². The largest absolute Gasteiger partial charge is 0.673 e. The average molecular weight is 425 g/mol. The highest BCUT2D eigenvalue weighted by atomic mass is 19.5. The minimum absolute atomic E-state index is 0.558. The first-order chi connectivity index (χ1) is 14.2. The lowest BCUT2D eigenvalue weighted by Crippen LogP contribution is -2.62. The molecule has 0 amide bonds. The van der Waals surface area contributed by atoms with E-state index in [0.29, 0.717) is 11.1 Å². The Hall–Kier alpha value is -0.875. The quantitative estimate of drug-likeness (QED) is 0.380. The summed E-state index contributed by atoms with van der Waals surface area (Å²) in [5.74, 6) is 6.38. The second-order valence-electron chi connectivity index (χ2n) is 12.2. The molecule has 7 heteroatoms. The zero-order valence-corrected chi connectivity index (χ0v) is 17.8. The van der Waals surface area contributed by atoms with Crippen LogP contribution in [0.4, 0.5) is 17.3 Å². The molecule has 0 N–H and O–H groups in total. The first-order valence-corrected chi connectivity index (χ1v) is 12.3. The molecule has 2 nitrogen and oxygen atoms in total. The second kappa shape index (κ2) is 6.57. The number of hydrogen-bond donors (Lipinski definition) is 0. The van der Waals surface area contributed by atoms with E-state index in [1.54, 1.807) is 38.5 Å². The van der Waals surface area contributed by atoms with Crippen molar-refractivity contribution in [2.45, 2.75) is 88.1 Å². The van der Waals surface area contributed by atoms with Crippen LogP contribution in [-0.4, -0.2) is 34.8 Å². The molecular weight excluding hydrogens is 391 g/mol. The van der Waals surface area contributed by atoms with Gasteiger partial charge in [-0.2, -0.15) is 0 Å². The molecule has 0 saturated heterocycles. The van der Waals surface area contributed by atoms with E-state index in [2.05, 4.69) is 22.2 Å². The van der Waals surface area contributed by atoms with Crippen LogP contribution in [0, 0.1) is 35.5 Å². The summed E-state index contributed by atoms with van der Waals surface area (Å²) in [6.45, 7) is 1.23. The summed E-state index contributed by atoms with van der Waals surface area (Å²) in [5, 5.41) is 0. The first kappa shape index (κ1) is 19.8. The van der Waals surface area contributed by atoms with E-state index in [4.69, 9.17) is 0 Å². The Morgan fingerprint density at radius 1 is 0.533 bits per heavy atom. The van der Waals surface area contributed by atoms with Crippen molar-refractivity contribution >= 4 is 7.25 Å². The maximum absolute atomic E-state index is 9.75. The van der Waals surface area contributed by atoms with Gasteiger partial charge in [-0.05, 0) is 113 Å². The van der Waals surface area contributed by atoms with Crippen molar-refractivity contribution in [1.29, 1.82) is 0 Å². The van der Waals surface area contributed by atoms with Crippen LogP contribution in [0.15, 0.2) is 12.4 Å². The lowest BCUT2D eigenvalue weighted by molar-refractivity contribution is -0.105. The molecule has 9 aliphatic rings. The molecule has 0 radical (unpaired) electrons. The van der Waals surface area contributed by atoms with Gasteiger partial charge < -0.3 is 27.1 Å². The smallest absolute Gasteiger partial charge is 0.418 e. The van der Waals surface area contributed by atoms with Crippen molar-refractivity contribution in [3.8, 4) is 0 Å². The fourth-order valence-electron chi connectivity index (χ4n) is 9.87. The Bertz CT molecular complexity index is 592. The van der Waals surface area contributed by atoms with E-state index in [-0.39, 0.29) is 0 Å². The van der Waals surface area contributed by atoms with E-state index in [0.717, 1.165) is 35.5 Å². The molecular formula is C23H34BF4N2-. The van der Waals surface area contributed by atoms with Gasteiger partial charge in [-0.3, -0.25) is 0 Å². The normalized spacial score (nSPS) is 50.3. The van der Waals surface area contributed by atoms with Crippen LogP contribution in [-0.2, 0) is 0 Å². The Morgan fingerprint density at radius 3 is 1.00 bits per heavy atom. The Kier molecular flexibility index (Phi) is 4.33. The third-order valence-electron chi connectivity index (χ3n) is 9.96. The Balaban J connectivity index is 0.000000318. The van der Waals surface area contributed by atoms with E-state index in [1.807, 2.05) is 0 Å². The van der Waals surface area contributed by atoms with Gasteiger partial charge in [0.1, 0.15) is 0 Å². The Labute approximate surface area is 177 Å². The highest BCUT2D eigenvalue weighted by Gasteiger charge is 2.57. The SMILES string of the molecule is C1=CN(C23CC4CC(CC(C4)C2)C3)CN1C12CC3CC(CC(C3)C1)C2.F[B-](F)(F)F. The highest BCUT2D eigenvalue weighted by Crippen LogP contribution is 2.61. The van der Waals surface area contributed by atoms with Gasteiger partial charge in [0.25, 0.3) is 0 Å². The van der Waals surface area contributed by atoms with Crippen molar-refractivity contribution in [2.24, 2.45) is 35.5 Å². The predicted molar refractivity (Wildman–Crippen MR) is 110 cm³/mol. The zero-order chi connectivity index (χ0) is 20.7. The molecule has 1 heterocycles. The standard InChI is InChI=1S/C23H34N2.BF4/c1-2-25(23-12-19-6-20(13-23)8-21(7-19)14-23)15-24(1)22-9-16-3-17(10-22)5-18(4-16)11-22;2-1(3,4)5/h1-2,16-21H,3-15H2;/q;-1. The summed E-state index contributed by atoms with van der Waals surface area (Å²) in [7, 11) is -6.00. The Morgan fingerprint density at radius 2 is 0.767 bits per heavy atom. The van der Waals surface area contributed by atoms with E-state index in [1.165, 1.54) is 45.2 Å². The van der Waals surface area contributed by atoms with Gasteiger partial charge >= 0.3 is 7.25 Å². The number of halogens is 4. The van der Waals surface area contributed by atoms with Crippen LogP contribution in [0.1, 0.15) is 77.0 Å². The van der Waals surface area contributed by atoms with Crippen molar-refractivity contribution < 1.29 is 17.3 Å². The van der Waals surface area contributed by atoms with Gasteiger partial charge in [0.05, 0.1) is 6.67 Å². The summed E-state index contributed by atoms with van der Waals surface area (Å²) in [4.78, 5) is 5.71. The first-order valence-electron chi connectivity index (χ1n) is 12.3. The maximum atomic E-state index is 9.75. The molecule has 9 rings (SSSR count). The van der Waals surface area contributed by atoms with Gasteiger partial charge in [-0.1, -0.05) is 0 Å². The van der Waals surface area contributed by atoms with Crippen LogP contribution < -0.4 is 0 Å². The van der Waals surface area contributed by atoms with Crippen LogP contribution in [0.2, 0.25) is 0 Å². The molecule has 8 fully saturated rings. The molecule has 8 bridgehead atoms. The van der Waals surface area contributed by atoms with E-state index < -0.39 is 7.25 Å². The average Bonchev–Trinajstić information content (AvgIpc) is 3.09. The molecule has 0 spiro atoms. The maximum Gasteiger partial charge on any atom is 0.673 e. The fraction of sp³-hybridized carbons (Fsp3) is 0.913. The summed E-state index contributed by atoms with van der Waals surface area (Å²) in [6.07, 6.45) is 23.6. The predicted octanol–water partition coefficient (Wildman–Crippen LogP) is 6.27. The molecule has 8 saturated carbocycles. The molecule has 0 aromatic heterocycles. The van der Waals surface area contributed by atoms with E-state index in [9.17, 15) is 17.3 Å². The highest BCUT2D eigenvalue weighted by molar-refractivity contribution is 6.50. The molecule has 0 aromatic rings. The third kappa shape index (κ3) is 3.37. The lowest BCUT2D eigenvalue weighted by Gasteiger charge is -2.62. The van der Waals surface area contributed by atoms with Crippen molar-refractivity contribution in [3.05, 3.63) is 12.4 Å². The molecule has 30 heavy (non-hydrogen) atoms. The summed E-state index contributed by atoms with van der Waals surface area (Å²) < 4.78 is 39.0. The summed E-state index contributed by atoms with van der Waals surface area (Å²) in [6, 6.07) is 0. The monoisotopic (exact) mass is 425 g/mol. The topological polar surface area (TPSA) is 6.48 Å². The van der Waals surface area contributed by atoms with Crippen LogP contribution >= 0.6 is 0 Å². The molecule has 8 aliphatic carbocycles. The number of nitrogens with zero attached hydrogens (tertiary/aromatic N) is 2. The minimum atomic E-state index is -6.00. The van der Waals surface area contributed by atoms with Crippen LogP contribution in [0.25, 0.3) is 0 Å². The van der Waals surface area contributed by atoms with Gasteiger partial charge in [0.2, 0.25) is 0 Å². The number of hydrogen-bond acceptors (Lipinski definition) is 2. The summed E-state index contributed by atoms with van der Waals surface area (Å²) >= 11 is 0. The second-order valence-corrected chi connectivity index (χ2v) is 12.2. The van der Waals surface area contributed by atoms with Gasteiger partial charge in [0, 0.05) is 23.5 Å². The van der Waals surface area contributed by atoms with Gasteiger partial charge in [-0.25, -0.2) is 0 Å². The molecule has 0 atom stereocenters. The van der Waals surface area contributed by atoms with Crippen molar-refractivity contribution in [3.63, 3.8) is 0 Å². The van der Waals surface area contributed by atoms with E-state index >= 15 is 0 Å². The van der Waals surface area contributed by atoms with Crippen LogP contribution in [0.5, 0.6) is 0 Å². The number of rotatable bonds is 2. The fourth-order valence-corrected chi connectivity index (χ4v) is 9.87. The zero-order valence-electron chi connectivity index (χ0n) is 17.8. The van der Waals surface area contributed by atoms with Gasteiger partial charge in [0.15, 0.2) is 0 Å². The minimum Gasteiger partial charge on any atom is -0.418 e.